The van der Waals surface area contributed by atoms with Gasteiger partial charge in [-0.25, -0.2) is 4.39 Å². The second-order valence-corrected chi connectivity index (χ2v) is 4.70. The molecule has 5 nitrogen and oxygen atoms in total. The molecule has 0 bridgehead atoms. The number of hydrogen-bond donors (Lipinski definition) is 1. The number of aromatic nitrogens is 2. The largest absolute Gasteiger partial charge is 0.490 e. The lowest BCUT2D eigenvalue weighted by atomic mass is 10.3. The molecule has 0 aliphatic rings. The van der Waals surface area contributed by atoms with Crippen LogP contribution in [-0.2, 0) is 11.8 Å². The van der Waals surface area contributed by atoms with Crippen molar-refractivity contribution >= 4 is 12.0 Å². The van der Waals surface area contributed by atoms with Gasteiger partial charge in [-0.1, -0.05) is 12.1 Å². The number of rotatable bonds is 7. The van der Waals surface area contributed by atoms with Crippen LogP contribution in [0.1, 0.15) is 12.0 Å². The molecule has 0 saturated heterocycles. The van der Waals surface area contributed by atoms with Gasteiger partial charge in [0.1, 0.15) is 0 Å². The first-order valence-electron chi connectivity index (χ1n) is 6.97. The maximum Gasteiger partial charge on any atom is 0.244 e. The molecule has 1 aromatic carbocycles. The monoisotopic (exact) mass is 303 g/mol. The van der Waals surface area contributed by atoms with Crippen molar-refractivity contribution in [2.75, 3.05) is 13.2 Å². The molecule has 2 rings (SSSR count). The summed E-state index contributed by atoms with van der Waals surface area (Å²) >= 11 is 0. The molecule has 0 aliphatic carbocycles. The van der Waals surface area contributed by atoms with Crippen molar-refractivity contribution in [1.82, 2.24) is 15.1 Å². The molecule has 1 aromatic heterocycles. The number of halogens is 1. The van der Waals surface area contributed by atoms with E-state index in [1.165, 1.54) is 12.1 Å². The smallest absolute Gasteiger partial charge is 0.244 e. The van der Waals surface area contributed by atoms with Crippen LogP contribution in [0, 0.1) is 5.82 Å². The Morgan fingerprint density at radius 1 is 1.45 bits per heavy atom. The summed E-state index contributed by atoms with van der Waals surface area (Å²) in [5.41, 5.74) is 0.862. The Morgan fingerprint density at radius 3 is 3.00 bits per heavy atom. The van der Waals surface area contributed by atoms with E-state index < -0.39 is 0 Å². The van der Waals surface area contributed by atoms with E-state index in [0.29, 0.717) is 19.6 Å². The first-order valence-corrected chi connectivity index (χ1v) is 6.97. The molecular formula is C16H18FN3O2. The third kappa shape index (κ3) is 5.05. The lowest BCUT2D eigenvalue weighted by molar-refractivity contribution is -0.116. The molecule has 6 heteroatoms. The molecule has 0 saturated carbocycles. The molecule has 2 aromatic rings. The predicted octanol–water partition coefficient (Wildman–Crippen LogP) is 2.16. The van der Waals surface area contributed by atoms with E-state index in [0.717, 1.165) is 5.56 Å². The van der Waals surface area contributed by atoms with Crippen LogP contribution in [0.15, 0.2) is 42.7 Å². The van der Waals surface area contributed by atoms with Crippen molar-refractivity contribution in [2.24, 2.45) is 7.05 Å². The highest BCUT2D eigenvalue weighted by Crippen LogP contribution is 2.15. The van der Waals surface area contributed by atoms with Gasteiger partial charge in [-0.3, -0.25) is 9.48 Å². The van der Waals surface area contributed by atoms with Crippen LogP contribution in [0.4, 0.5) is 4.39 Å². The quantitative estimate of drug-likeness (QED) is 0.630. The first kappa shape index (κ1) is 15.8. The maximum absolute atomic E-state index is 13.3. The summed E-state index contributed by atoms with van der Waals surface area (Å²) in [6.45, 7) is 0.804. The lowest BCUT2D eigenvalue weighted by Gasteiger charge is -2.07. The van der Waals surface area contributed by atoms with Crippen molar-refractivity contribution < 1.29 is 13.9 Å². The van der Waals surface area contributed by atoms with Gasteiger partial charge in [0, 0.05) is 31.4 Å². The van der Waals surface area contributed by atoms with Gasteiger partial charge in [-0.05, 0) is 24.6 Å². The van der Waals surface area contributed by atoms with Crippen LogP contribution in [-0.4, -0.2) is 28.8 Å². The number of aryl methyl sites for hydroxylation is 1. The van der Waals surface area contributed by atoms with Gasteiger partial charge in [-0.15, -0.1) is 0 Å². The van der Waals surface area contributed by atoms with E-state index in [9.17, 15) is 9.18 Å². The molecule has 1 N–H and O–H groups in total. The second-order valence-electron chi connectivity index (χ2n) is 4.70. The number of carbonyl (C=O) groups is 1. The minimum Gasteiger partial charge on any atom is -0.490 e. The fourth-order valence-corrected chi connectivity index (χ4v) is 1.78. The first-order chi connectivity index (χ1) is 10.6. The van der Waals surface area contributed by atoms with Crippen molar-refractivity contribution in [1.29, 1.82) is 0 Å². The Hall–Kier alpha value is -2.63. The Labute approximate surface area is 128 Å². The van der Waals surface area contributed by atoms with Crippen LogP contribution >= 0.6 is 0 Å². The summed E-state index contributed by atoms with van der Waals surface area (Å²) < 4.78 is 20.2. The second kappa shape index (κ2) is 7.97. The molecule has 1 amide bonds. The average molecular weight is 303 g/mol. The summed E-state index contributed by atoms with van der Waals surface area (Å²) in [6, 6.07) is 6.24. The van der Waals surface area contributed by atoms with Gasteiger partial charge in [0.2, 0.25) is 5.91 Å². The van der Waals surface area contributed by atoms with Gasteiger partial charge in [-0.2, -0.15) is 5.10 Å². The number of carbonyl (C=O) groups excluding carboxylic acids is 1. The number of nitrogens with one attached hydrogen (secondary N) is 1. The van der Waals surface area contributed by atoms with Crippen LogP contribution < -0.4 is 10.1 Å². The Bertz CT molecular complexity index is 652. The molecule has 0 aliphatic heterocycles. The van der Waals surface area contributed by atoms with Crippen molar-refractivity contribution in [3.8, 4) is 5.75 Å². The number of nitrogens with zero attached hydrogens (tertiary/aromatic N) is 2. The molecule has 0 atom stereocenters. The topological polar surface area (TPSA) is 56.2 Å². The lowest BCUT2D eigenvalue weighted by Crippen LogP contribution is -2.23. The maximum atomic E-state index is 13.3. The summed E-state index contributed by atoms with van der Waals surface area (Å²) in [7, 11) is 1.81. The van der Waals surface area contributed by atoms with Crippen molar-refractivity contribution in [3.63, 3.8) is 0 Å². The van der Waals surface area contributed by atoms with Gasteiger partial charge < -0.3 is 10.1 Å². The van der Waals surface area contributed by atoms with Gasteiger partial charge in [0.25, 0.3) is 0 Å². The normalized spacial score (nSPS) is 10.8. The number of benzene rings is 1. The number of hydrogen-bond acceptors (Lipinski definition) is 3. The van der Waals surface area contributed by atoms with E-state index in [2.05, 4.69) is 10.4 Å². The Morgan fingerprint density at radius 2 is 2.27 bits per heavy atom. The fourth-order valence-electron chi connectivity index (χ4n) is 1.78. The van der Waals surface area contributed by atoms with Crippen molar-refractivity contribution in [3.05, 3.63) is 54.1 Å². The van der Waals surface area contributed by atoms with Gasteiger partial charge in [0.05, 0.1) is 12.8 Å². The van der Waals surface area contributed by atoms with E-state index in [1.54, 1.807) is 35.2 Å². The molecular weight excluding hydrogens is 285 g/mol. The number of ether oxygens (including phenoxy) is 1. The minimum atomic E-state index is -0.383. The molecule has 22 heavy (non-hydrogen) atoms. The van der Waals surface area contributed by atoms with Gasteiger partial charge >= 0.3 is 0 Å². The zero-order chi connectivity index (χ0) is 15.8. The van der Waals surface area contributed by atoms with E-state index in [4.69, 9.17) is 4.74 Å². The highest BCUT2D eigenvalue weighted by Gasteiger charge is 2.01. The Balaban J connectivity index is 1.63. The summed E-state index contributed by atoms with van der Waals surface area (Å²) in [5.74, 6) is -0.342. The highest BCUT2D eigenvalue weighted by molar-refractivity contribution is 5.91. The molecule has 1 heterocycles. The molecule has 0 fully saturated rings. The summed E-state index contributed by atoms with van der Waals surface area (Å²) in [5, 5.41) is 6.74. The third-order valence-electron chi connectivity index (χ3n) is 2.87. The SMILES string of the molecule is Cn1cc(C=CC(=O)NCCCOc2ccccc2F)cn1. The van der Waals surface area contributed by atoms with Gasteiger partial charge in [0.15, 0.2) is 11.6 Å². The van der Waals surface area contributed by atoms with Crippen LogP contribution in [0.5, 0.6) is 5.75 Å². The predicted molar refractivity (Wildman–Crippen MR) is 81.8 cm³/mol. The molecule has 0 spiro atoms. The van der Waals surface area contributed by atoms with Crippen LogP contribution in [0.3, 0.4) is 0 Å². The number of amides is 1. The molecule has 0 radical (unpaired) electrons. The fraction of sp³-hybridized carbons (Fsp3) is 0.250. The molecule has 116 valence electrons. The number of para-hydroxylation sites is 1. The standard InChI is InChI=1S/C16H18FN3O2/c1-20-12-13(11-19-20)7-8-16(21)18-9-4-10-22-15-6-3-2-5-14(15)17/h2-3,5-8,11-12H,4,9-10H2,1H3,(H,18,21). The van der Waals surface area contributed by atoms with Crippen LogP contribution in [0.2, 0.25) is 0 Å². The third-order valence-corrected chi connectivity index (χ3v) is 2.87. The van der Waals surface area contributed by atoms with Crippen molar-refractivity contribution in [2.45, 2.75) is 6.42 Å². The minimum absolute atomic E-state index is 0.185. The zero-order valence-corrected chi connectivity index (χ0v) is 12.3. The summed E-state index contributed by atoms with van der Waals surface area (Å²) in [6.07, 6.45) is 7.23. The van der Waals surface area contributed by atoms with E-state index in [-0.39, 0.29) is 17.5 Å². The molecule has 0 unspecified atom stereocenters. The Kier molecular flexibility index (Phi) is 5.71. The van der Waals surface area contributed by atoms with E-state index >= 15 is 0 Å². The average Bonchev–Trinajstić information content (AvgIpc) is 2.92. The highest BCUT2D eigenvalue weighted by atomic mass is 19.1. The van der Waals surface area contributed by atoms with Crippen LogP contribution in [0.25, 0.3) is 6.08 Å². The summed E-state index contributed by atoms with van der Waals surface area (Å²) in [4.78, 5) is 11.6. The van der Waals surface area contributed by atoms with E-state index in [1.807, 2.05) is 13.2 Å². The zero-order valence-electron chi connectivity index (χ0n) is 12.3.